The van der Waals surface area contributed by atoms with E-state index in [1.54, 1.807) is 24.7 Å². The van der Waals surface area contributed by atoms with Crippen LogP contribution < -0.4 is 5.48 Å². The van der Waals surface area contributed by atoms with Crippen molar-refractivity contribution in [3.8, 4) is 17.1 Å². The highest BCUT2D eigenvalue weighted by Gasteiger charge is 2.17. The van der Waals surface area contributed by atoms with Gasteiger partial charge >= 0.3 is 0 Å². The summed E-state index contributed by atoms with van der Waals surface area (Å²) in [5, 5.41) is 12.1. The summed E-state index contributed by atoms with van der Waals surface area (Å²) in [4.78, 5) is 25.4. The molecule has 4 aromatic rings. The Hall–Kier alpha value is -3.08. The Labute approximate surface area is 187 Å². The number of rotatable bonds is 8. The van der Waals surface area contributed by atoms with Crippen LogP contribution in [0, 0.1) is 6.92 Å². The van der Waals surface area contributed by atoms with Crippen LogP contribution in [-0.2, 0) is 10.6 Å². The Balaban J connectivity index is 1.59. The zero-order valence-corrected chi connectivity index (χ0v) is 18.6. The maximum Gasteiger partial charge on any atom is 0.294 e. The lowest BCUT2D eigenvalue weighted by Crippen LogP contribution is -2.23. The normalized spacial score (nSPS) is 10.9. The molecule has 4 rings (SSSR count). The maximum atomic E-state index is 12.0. The molecule has 8 nitrogen and oxygen atoms in total. The molecule has 3 aromatic heterocycles. The molecule has 0 spiro atoms. The van der Waals surface area contributed by atoms with Crippen LogP contribution in [0.25, 0.3) is 17.1 Å². The molecule has 0 bridgehead atoms. The number of carbonyl (C=O) groups is 1. The first-order valence-electron chi connectivity index (χ1n) is 9.58. The van der Waals surface area contributed by atoms with Gasteiger partial charge in [0.25, 0.3) is 5.91 Å². The van der Waals surface area contributed by atoms with Gasteiger partial charge in [0.1, 0.15) is 10.7 Å². The summed E-state index contributed by atoms with van der Waals surface area (Å²) in [6.07, 6.45) is 3.47. The van der Waals surface area contributed by atoms with Crippen molar-refractivity contribution in [1.82, 2.24) is 30.2 Å². The fourth-order valence-corrected chi connectivity index (χ4v) is 4.52. The molecule has 1 N–H and O–H groups in total. The van der Waals surface area contributed by atoms with Gasteiger partial charge in [0.05, 0.1) is 12.4 Å². The van der Waals surface area contributed by atoms with Crippen LogP contribution in [-0.4, -0.2) is 37.2 Å². The lowest BCUT2D eigenvalue weighted by molar-refractivity contribution is 0.0360. The van der Waals surface area contributed by atoms with Crippen LogP contribution >= 0.6 is 23.1 Å². The predicted octanol–water partition coefficient (Wildman–Crippen LogP) is 4.07. The Kier molecular flexibility index (Phi) is 6.70. The van der Waals surface area contributed by atoms with Crippen LogP contribution in [0.5, 0.6) is 0 Å². The first kappa shape index (κ1) is 21.2. The molecular formula is C21H20N6O2S2. The topological polar surface area (TPSA) is 94.8 Å². The Morgan fingerprint density at radius 2 is 1.94 bits per heavy atom. The van der Waals surface area contributed by atoms with Gasteiger partial charge in [-0.2, -0.15) is 0 Å². The van der Waals surface area contributed by atoms with Crippen LogP contribution in [0.3, 0.4) is 0 Å². The van der Waals surface area contributed by atoms with Gasteiger partial charge in [0, 0.05) is 29.0 Å². The van der Waals surface area contributed by atoms with Gasteiger partial charge in [-0.1, -0.05) is 29.5 Å². The van der Waals surface area contributed by atoms with Crippen LogP contribution in [0.1, 0.15) is 28.0 Å². The quantitative estimate of drug-likeness (QED) is 0.318. The molecule has 0 unspecified atom stereocenters. The summed E-state index contributed by atoms with van der Waals surface area (Å²) >= 11 is 2.94. The molecule has 0 aliphatic rings. The zero-order valence-electron chi connectivity index (χ0n) is 17.0. The molecule has 1 amide bonds. The third-order valence-corrected chi connectivity index (χ3v) is 6.25. The minimum atomic E-state index is -0.350. The van der Waals surface area contributed by atoms with Gasteiger partial charge in [0.15, 0.2) is 11.0 Å². The number of thioether (sulfide) groups is 1. The average molecular weight is 453 g/mol. The summed E-state index contributed by atoms with van der Waals surface area (Å²) in [5.41, 5.74) is 5.78. The van der Waals surface area contributed by atoms with Gasteiger partial charge in [-0.05, 0) is 38.1 Å². The van der Waals surface area contributed by atoms with Crippen molar-refractivity contribution in [3.63, 3.8) is 0 Å². The molecule has 0 fully saturated rings. The highest BCUT2D eigenvalue weighted by atomic mass is 32.2. The van der Waals surface area contributed by atoms with Gasteiger partial charge < -0.3 is 0 Å². The number of nitrogens with zero attached hydrogens (tertiary/aromatic N) is 5. The van der Waals surface area contributed by atoms with Gasteiger partial charge in [-0.25, -0.2) is 10.5 Å². The molecule has 0 aliphatic heterocycles. The van der Waals surface area contributed by atoms with Gasteiger partial charge in [-0.15, -0.1) is 21.5 Å². The Morgan fingerprint density at radius 3 is 2.68 bits per heavy atom. The molecule has 3 heterocycles. The van der Waals surface area contributed by atoms with Crippen LogP contribution in [0.15, 0.2) is 59.3 Å². The SMILES string of the molecule is CCONC(=O)c1csc(CSc2nnc(-c3ccncc3)n2-c2ccc(C)cc2)n1. The first-order chi connectivity index (χ1) is 15.2. The molecule has 0 saturated carbocycles. The van der Waals surface area contributed by atoms with E-state index >= 15 is 0 Å². The van der Waals surface area contributed by atoms with E-state index in [2.05, 4.69) is 44.7 Å². The number of hydrogen-bond acceptors (Lipinski definition) is 8. The third kappa shape index (κ3) is 4.98. The Bertz CT molecular complexity index is 1160. The molecule has 1 aromatic carbocycles. The fourth-order valence-electron chi connectivity index (χ4n) is 2.78. The summed E-state index contributed by atoms with van der Waals surface area (Å²) in [6, 6.07) is 12.0. The first-order valence-corrected chi connectivity index (χ1v) is 11.4. The van der Waals surface area contributed by atoms with E-state index in [-0.39, 0.29) is 5.91 Å². The average Bonchev–Trinajstić information content (AvgIpc) is 3.44. The standard InChI is InChI=1S/C21H20N6O2S2/c1-3-29-26-20(28)17-12-30-18(23-17)13-31-21-25-24-19(15-8-10-22-11-9-15)27(21)16-6-4-14(2)5-7-16/h4-12H,3,13H2,1-2H3,(H,26,28). The fraction of sp³-hybridized carbons (Fsp3) is 0.190. The van der Waals surface area contributed by atoms with Crippen molar-refractivity contribution >= 4 is 29.0 Å². The predicted molar refractivity (Wildman–Crippen MR) is 120 cm³/mol. The minimum Gasteiger partial charge on any atom is -0.274 e. The van der Waals surface area contributed by atoms with E-state index in [9.17, 15) is 4.79 Å². The number of aryl methyl sites for hydroxylation is 1. The number of thiazole rings is 1. The number of hydrogen-bond donors (Lipinski definition) is 1. The van der Waals surface area contributed by atoms with Crippen LogP contribution in [0.4, 0.5) is 0 Å². The van der Waals surface area contributed by atoms with Crippen molar-refractivity contribution in [2.24, 2.45) is 0 Å². The summed E-state index contributed by atoms with van der Waals surface area (Å²) in [5.74, 6) is 0.953. The number of aromatic nitrogens is 5. The molecule has 0 aliphatic carbocycles. The van der Waals surface area contributed by atoms with Crippen molar-refractivity contribution in [1.29, 1.82) is 0 Å². The molecular weight excluding hydrogens is 432 g/mol. The smallest absolute Gasteiger partial charge is 0.274 e. The van der Waals surface area contributed by atoms with Crippen molar-refractivity contribution in [3.05, 3.63) is 70.4 Å². The molecule has 10 heteroatoms. The molecule has 158 valence electrons. The minimum absolute atomic E-state index is 0.339. The lowest BCUT2D eigenvalue weighted by Gasteiger charge is -2.10. The van der Waals surface area contributed by atoms with Crippen molar-refractivity contribution in [2.45, 2.75) is 24.8 Å². The van der Waals surface area contributed by atoms with E-state index in [4.69, 9.17) is 4.84 Å². The second-order valence-electron chi connectivity index (χ2n) is 6.49. The number of hydroxylamine groups is 1. The van der Waals surface area contributed by atoms with E-state index in [1.807, 2.05) is 28.8 Å². The second kappa shape index (κ2) is 9.82. The zero-order chi connectivity index (χ0) is 21.6. The maximum absolute atomic E-state index is 12.0. The molecule has 31 heavy (non-hydrogen) atoms. The number of carbonyl (C=O) groups excluding carboxylic acids is 1. The largest absolute Gasteiger partial charge is 0.294 e. The van der Waals surface area contributed by atoms with Crippen molar-refractivity contribution in [2.75, 3.05) is 6.61 Å². The molecule has 0 saturated heterocycles. The van der Waals surface area contributed by atoms with Crippen molar-refractivity contribution < 1.29 is 9.63 Å². The summed E-state index contributed by atoms with van der Waals surface area (Å²) in [6.45, 7) is 4.25. The number of benzene rings is 1. The highest BCUT2D eigenvalue weighted by molar-refractivity contribution is 7.98. The summed E-state index contributed by atoms with van der Waals surface area (Å²) < 4.78 is 2.02. The van der Waals surface area contributed by atoms with E-state index in [1.165, 1.54) is 28.7 Å². The molecule has 0 radical (unpaired) electrons. The number of nitrogens with one attached hydrogen (secondary N) is 1. The van der Waals surface area contributed by atoms with Gasteiger partial charge in [0.2, 0.25) is 0 Å². The Morgan fingerprint density at radius 1 is 1.16 bits per heavy atom. The lowest BCUT2D eigenvalue weighted by atomic mass is 10.2. The molecule has 0 atom stereocenters. The van der Waals surface area contributed by atoms with E-state index in [0.29, 0.717) is 18.1 Å². The monoisotopic (exact) mass is 452 g/mol. The third-order valence-electron chi connectivity index (χ3n) is 4.28. The van der Waals surface area contributed by atoms with Gasteiger partial charge in [-0.3, -0.25) is 19.2 Å². The number of pyridine rings is 1. The second-order valence-corrected chi connectivity index (χ2v) is 8.38. The van der Waals surface area contributed by atoms with Crippen LogP contribution in [0.2, 0.25) is 0 Å². The van der Waals surface area contributed by atoms with E-state index < -0.39 is 0 Å². The van der Waals surface area contributed by atoms with E-state index in [0.717, 1.165) is 27.2 Å². The number of amides is 1. The highest BCUT2D eigenvalue weighted by Crippen LogP contribution is 2.30. The summed E-state index contributed by atoms with van der Waals surface area (Å²) in [7, 11) is 0.